The SMILES string of the molecule is CC(C)CN(CCC(N)=NO)S(=O)(=O)c1c(Br)nnn1C. The zero-order valence-electron chi connectivity index (χ0n) is 12.1. The van der Waals surface area contributed by atoms with Crippen LogP contribution in [0.2, 0.25) is 0 Å². The molecule has 0 fully saturated rings. The van der Waals surface area contributed by atoms with Crippen molar-refractivity contribution in [1.82, 2.24) is 19.3 Å². The molecule has 0 spiro atoms. The van der Waals surface area contributed by atoms with Gasteiger partial charge >= 0.3 is 0 Å². The molecule has 1 aromatic heterocycles. The molecular formula is C10H19BrN6O3S. The second-order valence-electron chi connectivity index (χ2n) is 4.91. The Balaban J connectivity index is 3.12. The maximum absolute atomic E-state index is 12.7. The average Bonchev–Trinajstić information content (AvgIpc) is 2.73. The Bertz CT molecular complexity index is 593. The molecule has 0 radical (unpaired) electrons. The highest BCUT2D eigenvalue weighted by Crippen LogP contribution is 2.23. The van der Waals surface area contributed by atoms with Gasteiger partial charge in [0.15, 0.2) is 4.60 Å². The van der Waals surface area contributed by atoms with E-state index in [1.54, 1.807) is 0 Å². The Labute approximate surface area is 132 Å². The maximum atomic E-state index is 12.7. The second-order valence-corrected chi connectivity index (χ2v) is 7.51. The molecule has 1 rings (SSSR count). The van der Waals surface area contributed by atoms with Gasteiger partial charge in [-0.15, -0.1) is 5.10 Å². The topological polar surface area (TPSA) is 127 Å². The van der Waals surface area contributed by atoms with Crippen molar-refractivity contribution in [3.63, 3.8) is 0 Å². The zero-order chi connectivity index (χ0) is 16.2. The number of amidine groups is 1. The lowest BCUT2D eigenvalue weighted by molar-refractivity contribution is 0.314. The maximum Gasteiger partial charge on any atom is 0.263 e. The Kier molecular flexibility index (Phi) is 6.10. The van der Waals surface area contributed by atoms with Crippen molar-refractivity contribution in [2.24, 2.45) is 23.9 Å². The van der Waals surface area contributed by atoms with E-state index in [1.807, 2.05) is 13.8 Å². The number of aromatic nitrogens is 3. The summed E-state index contributed by atoms with van der Waals surface area (Å²) < 4.78 is 28.1. The first kappa shape index (κ1) is 17.9. The van der Waals surface area contributed by atoms with E-state index in [4.69, 9.17) is 10.9 Å². The fourth-order valence-electron chi connectivity index (χ4n) is 1.73. The molecule has 0 aliphatic rings. The Morgan fingerprint density at radius 2 is 2.19 bits per heavy atom. The molecule has 0 saturated carbocycles. The van der Waals surface area contributed by atoms with Gasteiger partial charge in [-0.05, 0) is 21.8 Å². The van der Waals surface area contributed by atoms with Crippen LogP contribution in [0.15, 0.2) is 14.8 Å². The van der Waals surface area contributed by atoms with Gasteiger partial charge in [0.25, 0.3) is 10.0 Å². The van der Waals surface area contributed by atoms with Gasteiger partial charge in [0.2, 0.25) is 5.03 Å². The third-order valence-corrected chi connectivity index (χ3v) is 5.39. The van der Waals surface area contributed by atoms with E-state index in [9.17, 15) is 8.42 Å². The summed E-state index contributed by atoms with van der Waals surface area (Å²) in [6, 6.07) is 0. The highest BCUT2D eigenvalue weighted by Gasteiger charge is 2.31. The van der Waals surface area contributed by atoms with Crippen molar-refractivity contribution in [2.45, 2.75) is 25.3 Å². The summed E-state index contributed by atoms with van der Waals surface area (Å²) in [6.45, 7) is 4.22. The van der Waals surface area contributed by atoms with Gasteiger partial charge < -0.3 is 10.9 Å². The van der Waals surface area contributed by atoms with Crippen LogP contribution in [0.5, 0.6) is 0 Å². The van der Waals surface area contributed by atoms with Crippen molar-refractivity contribution in [2.75, 3.05) is 13.1 Å². The monoisotopic (exact) mass is 382 g/mol. The summed E-state index contributed by atoms with van der Waals surface area (Å²) in [5.41, 5.74) is 5.41. The molecule has 3 N–H and O–H groups in total. The Hall–Kier alpha value is -1.20. The van der Waals surface area contributed by atoms with E-state index >= 15 is 0 Å². The summed E-state index contributed by atoms with van der Waals surface area (Å²) >= 11 is 3.09. The lowest BCUT2D eigenvalue weighted by Gasteiger charge is -2.23. The van der Waals surface area contributed by atoms with Gasteiger partial charge in [0.05, 0.1) is 0 Å². The van der Waals surface area contributed by atoms with Crippen molar-refractivity contribution in [1.29, 1.82) is 0 Å². The quantitative estimate of drug-likeness (QED) is 0.303. The number of nitrogens with zero attached hydrogens (tertiary/aromatic N) is 5. The standard InChI is InChI=1S/C10H19BrN6O3S/c1-7(2)6-17(5-4-8(12)14-18)21(19,20)10-9(11)13-15-16(10)3/h7,18H,4-6H2,1-3H3,(H2,12,14). The lowest BCUT2D eigenvalue weighted by Crippen LogP contribution is -2.37. The first-order valence-electron chi connectivity index (χ1n) is 6.21. The van der Waals surface area contributed by atoms with E-state index in [0.29, 0.717) is 6.54 Å². The molecule has 0 aromatic carbocycles. The van der Waals surface area contributed by atoms with Gasteiger partial charge in [-0.2, -0.15) is 4.31 Å². The molecule has 1 heterocycles. The highest BCUT2D eigenvalue weighted by molar-refractivity contribution is 9.10. The largest absolute Gasteiger partial charge is 0.409 e. The van der Waals surface area contributed by atoms with Crippen LogP contribution in [0.3, 0.4) is 0 Å². The number of sulfonamides is 1. The van der Waals surface area contributed by atoms with Crippen molar-refractivity contribution < 1.29 is 13.6 Å². The number of nitrogens with two attached hydrogens (primary N) is 1. The minimum atomic E-state index is -3.79. The number of hydrogen-bond donors (Lipinski definition) is 2. The molecule has 1 aromatic rings. The van der Waals surface area contributed by atoms with Gasteiger partial charge in [-0.1, -0.05) is 24.2 Å². The molecule has 21 heavy (non-hydrogen) atoms. The molecule has 11 heteroatoms. The molecule has 0 aliphatic carbocycles. The van der Waals surface area contributed by atoms with E-state index < -0.39 is 10.0 Å². The van der Waals surface area contributed by atoms with E-state index in [1.165, 1.54) is 16.0 Å². The van der Waals surface area contributed by atoms with Gasteiger partial charge in [0.1, 0.15) is 5.84 Å². The predicted molar refractivity (Wildman–Crippen MR) is 80.3 cm³/mol. The van der Waals surface area contributed by atoms with Crippen LogP contribution in [-0.2, 0) is 17.1 Å². The van der Waals surface area contributed by atoms with E-state index in [-0.39, 0.29) is 34.3 Å². The Morgan fingerprint density at radius 1 is 1.57 bits per heavy atom. The molecule has 0 saturated heterocycles. The van der Waals surface area contributed by atoms with Crippen LogP contribution >= 0.6 is 15.9 Å². The van der Waals surface area contributed by atoms with Crippen LogP contribution in [0.4, 0.5) is 0 Å². The third kappa shape index (κ3) is 4.38. The normalized spacial score (nSPS) is 13.3. The van der Waals surface area contributed by atoms with Crippen LogP contribution in [0.25, 0.3) is 0 Å². The minimum Gasteiger partial charge on any atom is -0.409 e. The second kappa shape index (κ2) is 7.18. The van der Waals surface area contributed by atoms with Crippen molar-refractivity contribution in [3.8, 4) is 0 Å². The van der Waals surface area contributed by atoms with Crippen LogP contribution in [0.1, 0.15) is 20.3 Å². The Morgan fingerprint density at radius 3 is 2.62 bits per heavy atom. The van der Waals surface area contributed by atoms with Gasteiger partial charge in [-0.25, -0.2) is 13.1 Å². The molecule has 9 nitrogen and oxygen atoms in total. The minimum absolute atomic E-state index is 0.0253. The van der Waals surface area contributed by atoms with Crippen LogP contribution in [0, 0.1) is 5.92 Å². The first-order valence-corrected chi connectivity index (χ1v) is 8.45. The summed E-state index contributed by atoms with van der Waals surface area (Å²) in [6.07, 6.45) is 0.130. The van der Waals surface area contributed by atoms with Gasteiger partial charge in [-0.3, -0.25) is 0 Å². The fourth-order valence-corrected chi connectivity index (χ4v) is 4.36. The smallest absolute Gasteiger partial charge is 0.263 e. The third-order valence-electron chi connectivity index (χ3n) is 2.64. The predicted octanol–water partition coefficient (Wildman–Crippen LogP) is 0.361. The average molecular weight is 383 g/mol. The van der Waals surface area contributed by atoms with Crippen molar-refractivity contribution >= 4 is 31.8 Å². The summed E-state index contributed by atoms with van der Waals surface area (Å²) in [7, 11) is -2.28. The summed E-state index contributed by atoms with van der Waals surface area (Å²) in [4.78, 5) is 0. The lowest BCUT2D eigenvalue weighted by atomic mass is 10.2. The number of aryl methyl sites for hydroxylation is 1. The zero-order valence-corrected chi connectivity index (χ0v) is 14.5. The molecule has 0 unspecified atom stereocenters. The molecule has 0 bridgehead atoms. The fraction of sp³-hybridized carbons (Fsp3) is 0.700. The molecule has 0 amide bonds. The highest BCUT2D eigenvalue weighted by atomic mass is 79.9. The number of oxime groups is 1. The van der Waals surface area contributed by atoms with E-state index in [2.05, 4.69) is 31.4 Å². The number of hydrogen-bond acceptors (Lipinski definition) is 6. The number of rotatable bonds is 7. The van der Waals surface area contributed by atoms with Crippen LogP contribution < -0.4 is 5.73 Å². The van der Waals surface area contributed by atoms with Gasteiger partial charge in [0, 0.05) is 26.6 Å². The van der Waals surface area contributed by atoms with Crippen molar-refractivity contribution in [3.05, 3.63) is 4.60 Å². The summed E-state index contributed by atoms with van der Waals surface area (Å²) in [5.74, 6) is 0.0909. The molecular weight excluding hydrogens is 364 g/mol. The molecule has 0 atom stereocenters. The summed E-state index contributed by atoms with van der Waals surface area (Å²) in [5, 5.41) is 18.8. The van der Waals surface area contributed by atoms with E-state index in [0.717, 1.165) is 0 Å². The van der Waals surface area contributed by atoms with Crippen LogP contribution in [-0.4, -0.2) is 51.8 Å². The number of halogens is 1. The molecule has 0 aliphatic heterocycles. The first-order chi connectivity index (χ1) is 9.70. The molecule has 120 valence electrons.